The molecule has 0 bridgehead atoms. The number of amides is 1. The number of carbonyl (C=O) groups is 1. The molecule has 0 aliphatic carbocycles. The van der Waals surface area contributed by atoms with Gasteiger partial charge in [-0.2, -0.15) is 0 Å². The van der Waals surface area contributed by atoms with Crippen LogP contribution in [-0.4, -0.2) is 48.4 Å². The molecule has 3 nitrogen and oxygen atoms in total. The summed E-state index contributed by atoms with van der Waals surface area (Å²) >= 11 is 0. The fraction of sp³-hybridized carbons (Fsp3) is 0.562. The van der Waals surface area contributed by atoms with E-state index in [-0.39, 0.29) is 17.6 Å². The molecule has 4 heteroatoms. The third kappa shape index (κ3) is 3.79. The summed E-state index contributed by atoms with van der Waals surface area (Å²) in [5, 5.41) is 0. The van der Waals surface area contributed by atoms with Crippen molar-refractivity contribution in [1.82, 2.24) is 9.80 Å². The van der Waals surface area contributed by atoms with Crippen molar-refractivity contribution < 1.29 is 9.18 Å². The number of carbonyl (C=O) groups excluding carboxylic acids is 1. The number of halogens is 1. The first-order valence-corrected chi connectivity index (χ1v) is 7.32. The minimum Gasteiger partial charge on any atom is -0.340 e. The monoisotopic (exact) mass is 278 g/mol. The number of hydrogen-bond donors (Lipinski definition) is 0. The van der Waals surface area contributed by atoms with Gasteiger partial charge < -0.3 is 4.90 Å². The maximum atomic E-state index is 13.5. The lowest BCUT2D eigenvalue weighted by Gasteiger charge is -2.35. The Hall–Kier alpha value is -1.42. The largest absolute Gasteiger partial charge is 0.340 e. The smallest absolute Gasteiger partial charge is 0.225 e. The van der Waals surface area contributed by atoms with Gasteiger partial charge in [0.25, 0.3) is 0 Å². The summed E-state index contributed by atoms with van der Waals surface area (Å²) in [6, 6.07) is 6.94. The molecule has 2 rings (SSSR count). The van der Waals surface area contributed by atoms with Crippen LogP contribution in [0, 0.1) is 11.7 Å². The van der Waals surface area contributed by atoms with E-state index in [1.807, 2.05) is 30.9 Å². The number of hydrogen-bond acceptors (Lipinski definition) is 2. The summed E-state index contributed by atoms with van der Waals surface area (Å²) in [6.07, 6.45) is 0.727. The van der Waals surface area contributed by atoms with Crippen molar-refractivity contribution in [3.05, 3.63) is 35.6 Å². The van der Waals surface area contributed by atoms with E-state index in [1.165, 1.54) is 6.07 Å². The number of nitrogens with zero attached hydrogens (tertiary/aromatic N) is 2. The molecule has 0 unspecified atom stereocenters. The normalized spacial score (nSPS) is 16.7. The third-order valence-electron chi connectivity index (χ3n) is 3.83. The van der Waals surface area contributed by atoms with Gasteiger partial charge in [0.15, 0.2) is 0 Å². The van der Waals surface area contributed by atoms with E-state index in [1.54, 1.807) is 6.07 Å². The summed E-state index contributed by atoms with van der Waals surface area (Å²) < 4.78 is 13.5. The Balaban J connectivity index is 1.78. The topological polar surface area (TPSA) is 23.6 Å². The Labute approximate surface area is 120 Å². The first-order chi connectivity index (χ1) is 9.58. The fourth-order valence-electron chi connectivity index (χ4n) is 2.54. The first kappa shape index (κ1) is 15.0. The van der Waals surface area contributed by atoms with Crippen LogP contribution in [0.1, 0.15) is 19.4 Å². The van der Waals surface area contributed by atoms with E-state index in [2.05, 4.69) is 4.90 Å². The van der Waals surface area contributed by atoms with Gasteiger partial charge >= 0.3 is 0 Å². The van der Waals surface area contributed by atoms with E-state index in [0.717, 1.165) is 44.7 Å². The maximum Gasteiger partial charge on any atom is 0.225 e. The van der Waals surface area contributed by atoms with Crippen LogP contribution in [0.4, 0.5) is 4.39 Å². The van der Waals surface area contributed by atoms with Crippen LogP contribution < -0.4 is 0 Å². The molecule has 0 radical (unpaired) electrons. The number of piperazine rings is 1. The predicted molar refractivity (Wildman–Crippen MR) is 78.0 cm³/mol. The molecule has 1 aliphatic rings. The highest BCUT2D eigenvalue weighted by atomic mass is 19.1. The Morgan fingerprint density at radius 3 is 2.45 bits per heavy atom. The van der Waals surface area contributed by atoms with Gasteiger partial charge in [-0.1, -0.05) is 32.0 Å². The van der Waals surface area contributed by atoms with Gasteiger partial charge in [-0.3, -0.25) is 9.69 Å². The van der Waals surface area contributed by atoms with Crippen molar-refractivity contribution in [3.63, 3.8) is 0 Å². The highest BCUT2D eigenvalue weighted by Crippen LogP contribution is 2.10. The Bertz CT molecular complexity index is 454. The molecule has 1 saturated heterocycles. The SMILES string of the molecule is CC(C)C(=O)N1CCN(CCc2ccccc2F)CC1. The molecule has 1 aromatic carbocycles. The summed E-state index contributed by atoms with van der Waals surface area (Å²) in [7, 11) is 0. The van der Waals surface area contributed by atoms with Crippen molar-refractivity contribution in [3.8, 4) is 0 Å². The Morgan fingerprint density at radius 2 is 1.85 bits per heavy atom. The van der Waals surface area contributed by atoms with Gasteiger partial charge in [0.2, 0.25) is 5.91 Å². The van der Waals surface area contributed by atoms with Gasteiger partial charge in [-0.25, -0.2) is 4.39 Å². The zero-order valence-electron chi connectivity index (χ0n) is 12.3. The van der Waals surface area contributed by atoms with Crippen molar-refractivity contribution in [2.75, 3.05) is 32.7 Å². The minimum atomic E-state index is -0.124. The second kappa shape index (κ2) is 6.84. The number of benzene rings is 1. The predicted octanol–water partition coefficient (Wildman–Crippen LogP) is 2.17. The molecule has 0 N–H and O–H groups in total. The molecule has 1 heterocycles. The average molecular weight is 278 g/mol. The summed E-state index contributed by atoms with van der Waals surface area (Å²) in [6.45, 7) is 8.06. The fourth-order valence-corrected chi connectivity index (χ4v) is 2.54. The van der Waals surface area contributed by atoms with Crippen LogP contribution in [0.15, 0.2) is 24.3 Å². The van der Waals surface area contributed by atoms with E-state index in [9.17, 15) is 9.18 Å². The van der Waals surface area contributed by atoms with Gasteiger partial charge in [-0.15, -0.1) is 0 Å². The number of rotatable bonds is 4. The van der Waals surface area contributed by atoms with Gasteiger partial charge in [0.05, 0.1) is 0 Å². The standard InChI is InChI=1S/C16H23FN2O/c1-13(2)16(20)19-11-9-18(10-12-19)8-7-14-5-3-4-6-15(14)17/h3-6,13H,7-12H2,1-2H3. The zero-order chi connectivity index (χ0) is 14.5. The van der Waals surface area contributed by atoms with Crippen molar-refractivity contribution in [2.24, 2.45) is 5.92 Å². The molecule has 1 amide bonds. The highest BCUT2D eigenvalue weighted by molar-refractivity contribution is 5.78. The maximum absolute atomic E-state index is 13.5. The molecular weight excluding hydrogens is 255 g/mol. The molecular formula is C16H23FN2O. The summed E-state index contributed by atoms with van der Waals surface area (Å²) in [5.41, 5.74) is 0.771. The van der Waals surface area contributed by atoms with Gasteiger partial charge in [0, 0.05) is 38.6 Å². The van der Waals surface area contributed by atoms with Crippen molar-refractivity contribution in [2.45, 2.75) is 20.3 Å². The van der Waals surface area contributed by atoms with Crippen LogP contribution in [0.25, 0.3) is 0 Å². The van der Waals surface area contributed by atoms with Crippen LogP contribution in [0.3, 0.4) is 0 Å². The van der Waals surface area contributed by atoms with Gasteiger partial charge in [-0.05, 0) is 18.1 Å². The van der Waals surface area contributed by atoms with E-state index in [0.29, 0.717) is 0 Å². The lowest BCUT2D eigenvalue weighted by molar-refractivity contribution is -0.136. The zero-order valence-corrected chi connectivity index (χ0v) is 12.3. The molecule has 1 aliphatic heterocycles. The van der Waals surface area contributed by atoms with Crippen LogP contribution in [0.5, 0.6) is 0 Å². The average Bonchev–Trinajstić information content (AvgIpc) is 2.46. The van der Waals surface area contributed by atoms with E-state index < -0.39 is 0 Å². The molecule has 110 valence electrons. The summed E-state index contributed by atoms with van der Waals surface area (Å²) in [5.74, 6) is 0.180. The third-order valence-corrected chi connectivity index (χ3v) is 3.83. The molecule has 1 aromatic rings. The molecule has 0 spiro atoms. The molecule has 20 heavy (non-hydrogen) atoms. The lowest BCUT2D eigenvalue weighted by Crippen LogP contribution is -2.50. The second-order valence-corrected chi connectivity index (χ2v) is 5.66. The Morgan fingerprint density at radius 1 is 1.20 bits per heavy atom. The Kier molecular flexibility index (Phi) is 5.12. The van der Waals surface area contributed by atoms with Crippen molar-refractivity contribution >= 4 is 5.91 Å². The first-order valence-electron chi connectivity index (χ1n) is 7.32. The van der Waals surface area contributed by atoms with Crippen LogP contribution in [0.2, 0.25) is 0 Å². The minimum absolute atomic E-state index is 0.0694. The summed E-state index contributed by atoms with van der Waals surface area (Å²) in [4.78, 5) is 16.1. The quantitative estimate of drug-likeness (QED) is 0.842. The van der Waals surface area contributed by atoms with Gasteiger partial charge in [0.1, 0.15) is 5.82 Å². The van der Waals surface area contributed by atoms with E-state index >= 15 is 0 Å². The van der Waals surface area contributed by atoms with Crippen LogP contribution >= 0.6 is 0 Å². The molecule has 1 fully saturated rings. The lowest BCUT2D eigenvalue weighted by atomic mass is 10.1. The highest BCUT2D eigenvalue weighted by Gasteiger charge is 2.22. The van der Waals surface area contributed by atoms with E-state index in [4.69, 9.17) is 0 Å². The molecule has 0 aromatic heterocycles. The second-order valence-electron chi connectivity index (χ2n) is 5.66. The van der Waals surface area contributed by atoms with Crippen molar-refractivity contribution in [1.29, 1.82) is 0 Å². The molecule has 0 atom stereocenters. The molecule has 0 saturated carbocycles. The van der Waals surface area contributed by atoms with Crippen LogP contribution in [-0.2, 0) is 11.2 Å².